The van der Waals surface area contributed by atoms with Crippen molar-refractivity contribution < 1.29 is 9.53 Å². The van der Waals surface area contributed by atoms with Gasteiger partial charge < -0.3 is 10.1 Å². The lowest BCUT2D eigenvalue weighted by atomic mass is 10.2. The molecule has 0 fully saturated rings. The molecule has 6 nitrogen and oxygen atoms in total. The summed E-state index contributed by atoms with van der Waals surface area (Å²) in [5.74, 6) is 0.382. The van der Waals surface area contributed by atoms with Gasteiger partial charge in [-0.2, -0.15) is 5.10 Å². The van der Waals surface area contributed by atoms with Gasteiger partial charge in [0.1, 0.15) is 18.9 Å². The van der Waals surface area contributed by atoms with Crippen LogP contribution in [0.3, 0.4) is 0 Å². The fraction of sp³-hybridized carbons (Fsp3) is 0.0870. The van der Waals surface area contributed by atoms with Crippen LogP contribution in [0.1, 0.15) is 5.56 Å². The highest BCUT2D eigenvalue weighted by Gasteiger charge is 2.09. The summed E-state index contributed by atoms with van der Waals surface area (Å²) in [6.45, 7) is 0.318. The molecule has 1 heterocycles. The van der Waals surface area contributed by atoms with Gasteiger partial charge in [0.05, 0.1) is 11.6 Å². The molecule has 3 aromatic carbocycles. The van der Waals surface area contributed by atoms with Gasteiger partial charge in [-0.15, -0.1) is 0 Å². The first-order valence-electron chi connectivity index (χ1n) is 9.20. The van der Waals surface area contributed by atoms with Crippen LogP contribution in [0.2, 0.25) is 0 Å². The number of nitrogens with zero attached hydrogens (tertiary/aromatic N) is 2. The van der Waals surface area contributed by atoms with Gasteiger partial charge in [-0.05, 0) is 35.9 Å². The van der Waals surface area contributed by atoms with Crippen LogP contribution in [0.4, 0.5) is 5.69 Å². The minimum absolute atomic E-state index is 0.157. The van der Waals surface area contributed by atoms with Gasteiger partial charge in [0.25, 0.3) is 5.56 Å². The Labute approximate surface area is 167 Å². The molecule has 4 rings (SSSR count). The molecule has 0 unspecified atom stereocenters. The number of hydrogen-bond donors (Lipinski definition) is 1. The molecule has 0 aliphatic heterocycles. The zero-order valence-electron chi connectivity index (χ0n) is 15.6. The number of rotatable bonds is 6. The fourth-order valence-electron chi connectivity index (χ4n) is 2.95. The second kappa shape index (κ2) is 8.39. The Balaban J connectivity index is 1.37. The van der Waals surface area contributed by atoms with Crippen molar-refractivity contribution in [2.45, 2.75) is 13.2 Å². The molecule has 1 aromatic heterocycles. The Hall–Kier alpha value is -3.93. The third kappa shape index (κ3) is 4.50. The number of carbonyl (C=O) groups excluding carboxylic acids is 1. The molecular formula is C23H19N3O3. The van der Waals surface area contributed by atoms with Crippen LogP contribution in [0, 0.1) is 0 Å². The van der Waals surface area contributed by atoms with E-state index < -0.39 is 0 Å². The maximum atomic E-state index is 12.5. The van der Waals surface area contributed by atoms with Crippen molar-refractivity contribution in [3.8, 4) is 5.75 Å². The van der Waals surface area contributed by atoms with Crippen LogP contribution >= 0.6 is 0 Å². The number of hydrogen-bond acceptors (Lipinski definition) is 4. The van der Waals surface area contributed by atoms with Gasteiger partial charge in [-0.25, -0.2) is 4.68 Å². The molecule has 4 aromatic rings. The molecule has 0 radical (unpaired) electrons. The van der Waals surface area contributed by atoms with Gasteiger partial charge in [-0.1, -0.05) is 48.5 Å². The molecule has 0 saturated heterocycles. The number of nitrogens with one attached hydrogen (secondary N) is 1. The molecule has 0 atom stereocenters. The van der Waals surface area contributed by atoms with Crippen molar-refractivity contribution >= 4 is 22.4 Å². The molecule has 1 N–H and O–H groups in total. The van der Waals surface area contributed by atoms with Crippen LogP contribution in [0.5, 0.6) is 5.75 Å². The van der Waals surface area contributed by atoms with Gasteiger partial charge in [0.15, 0.2) is 0 Å². The molecule has 0 saturated carbocycles. The highest BCUT2D eigenvalue weighted by Crippen LogP contribution is 2.17. The zero-order chi connectivity index (χ0) is 20.1. The maximum Gasteiger partial charge on any atom is 0.275 e. The van der Waals surface area contributed by atoms with Gasteiger partial charge in [0.2, 0.25) is 5.91 Å². The molecule has 144 valence electrons. The van der Waals surface area contributed by atoms with Gasteiger partial charge >= 0.3 is 0 Å². The number of aromatic nitrogens is 2. The lowest BCUT2D eigenvalue weighted by Crippen LogP contribution is -2.29. The third-order valence-corrected chi connectivity index (χ3v) is 4.44. The van der Waals surface area contributed by atoms with E-state index in [4.69, 9.17) is 4.74 Å². The average molecular weight is 385 g/mol. The molecule has 0 aliphatic rings. The molecule has 0 spiro atoms. The van der Waals surface area contributed by atoms with E-state index in [2.05, 4.69) is 10.4 Å². The van der Waals surface area contributed by atoms with E-state index in [0.29, 0.717) is 23.4 Å². The summed E-state index contributed by atoms with van der Waals surface area (Å²) in [4.78, 5) is 24.8. The van der Waals surface area contributed by atoms with E-state index in [1.165, 1.54) is 0 Å². The minimum Gasteiger partial charge on any atom is -0.489 e. The van der Waals surface area contributed by atoms with Crippen molar-refractivity contribution in [3.63, 3.8) is 0 Å². The number of carbonyl (C=O) groups is 1. The van der Waals surface area contributed by atoms with E-state index in [1.54, 1.807) is 42.6 Å². The Morgan fingerprint density at radius 1 is 0.931 bits per heavy atom. The SMILES string of the molecule is O=C(Cn1ncc2ccccc2c1=O)Nc1ccc(OCc2ccccc2)cc1. The molecule has 29 heavy (non-hydrogen) atoms. The molecule has 1 amide bonds. The first kappa shape index (κ1) is 18.4. The summed E-state index contributed by atoms with van der Waals surface area (Å²) in [5.41, 5.74) is 1.41. The summed E-state index contributed by atoms with van der Waals surface area (Å²) < 4.78 is 6.90. The van der Waals surface area contributed by atoms with E-state index >= 15 is 0 Å². The third-order valence-electron chi connectivity index (χ3n) is 4.44. The first-order valence-corrected chi connectivity index (χ1v) is 9.20. The molecular weight excluding hydrogens is 366 g/mol. The van der Waals surface area contributed by atoms with Crippen LogP contribution < -0.4 is 15.6 Å². The topological polar surface area (TPSA) is 73.2 Å². The standard InChI is InChI=1S/C23H19N3O3/c27-22(15-26-23(28)21-9-5-4-8-18(21)14-24-26)25-19-10-12-20(13-11-19)29-16-17-6-2-1-3-7-17/h1-14H,15-16H2,(H,25,27). The predicted molar refractivity (Wildman–Crippen MR) is 112 cm³/mol. The second-order valence-corrected chi connectivity index (χ2v) is 6.54. The normalized spacial score (nSPS) is 10.6. The predicted octanol–water partition coefficient (Wildman–Crippen LogP) is 3.61. The number of amides is 1. The van der Waals surface area contributed by atoms with Gasteiger partial charge in [-0.3, -0.25) is 9.59 Å². The summed E-state index contributed by atoms with van der Waals surface area (Å²) in [6.07, 6.45) is 1.59. The number of ether oxygens (including phenoxy) is 1. The van der Waals surface area contributed by atoms with Crippen LogP contribution in [-0.2, 0) is 17.9 Å². The van der Waals surface area contributed by atoms with Crippen molar-refractivity contribution in [1.82, 2.24) is 9.78 Å². The number of fused-ring (bicyclic) bond motifs is 1. The Bertz CT molecular complexity index is 1190. The van der Waals surface area contributed by atoms with Crippen LogP contribution in [-0.4, -0.2) is 15.7 Å². The lowest BCUT2D eigenvalue weighted by Gasteiger charge is -2.09. The Morgan fingerprint density at radius 3 is 2.45 bits per heavy atom. The molecule has 0 bridgehead atoms. The minimum atomic E-state index is -0.326. The smallest absolute Gasteiger partial charge is 0.275 e. The van der Waals surface area contributed by atoms with E-state index in [9.17, 15) is 9.59 Å². The molecule has 6 heteroatoms. The average Bonchev–Trinajstić information content (AvgIpc) is 2.76. The van der Waals surface area contributed by atoms with Crippen molar-refractivity contribution in [3.05, 3.63) is 101 Å². The monoisotopic (exact) mass is 385 g/mol. The quantitative estimate of drug-likeness (QED) is 0.550. The van der Waals surface area contributed by atoms with Crippen molar-refractivity contribution in [1.29, 1.82) is 0 Å². The van der Waals surface area contributed by atoms with Gasteiger partial charge in [0, 0.05) is 11.1 Å². The maximum absolute atomic E-state index is 12.5. The summed E-state index contributed by atoms with van der Waals surface area (Å²) in [5, 5.41) is 8.14. The summed E-state index contributed by atoms with van der Waals surface area (Å²) >= 11 is 0. The lowest BCUT2D eigenvalue weighted by molar-refractivity contribution is -0.117. The number of benzene rings is 3. The largest absolute Gasteiger partial charge is 0.489 e. The summed E-state index contributed by atoms with van der Waals surface area (Å²) in [7, 11) is 0. The highest BCUT2D eigenvalue weighted by atomic mass is 16.5. The van der Waals surface area contributed by atoms with E-state index in [0.717, 1.165) is 15.6 Å². The zero-order valence-corrected chi connectivity index (χ0v) is 15.6. The van der Waals surface area contributed by atoms with E-state index in [1.807, 2.05) is 42.5 Å². The van der Waals surface area contributed by atoms with Crippen molar-refractivity contribution in [2.75, 3.05) is 5.32 Å². The second-order valence-electron chi connectivity index (χ2n) is 6.54. The highest BCUT2D eigenvalue weighted by molar-refractivity contribution is 5.90. The van der Waals surface area contributed by atoms with Crippen LogP contribution in [0.15, 0.2) is 89.9 Å². The fourth-order valence-corrected chi connectivity index (χ4v) is 2.95. The molecule has 0 aliphatic carbocycles. The Kier molecular flexibility index (Phi) is 5.33. The first-order chi connectivity index (χ1) is 14.2. The van der Waals surface area contributed by atoms with Crippen LogP contribution in [0.25, 0.3) is 10.8 Å². The Morgan fingerprint density at radius 2 is 1.66 bits per heavy atom. The summed E-state index contributed by atoms with van der Waals surface area (Å²) in [6, 6.07) is 24.2. The van der Waals surface area contributed by atoms with Crippen molar-refractivity contribution in [2.24, 2.45) is 0 Å². The number of anilines is 1. The van der Waals surface area contributed by atoms with E-state index in [-0.39, 0.29) is 18.0 Å².